The van der Waals surface area contributed by atoms with Crippen molar-refractivity contribution in [2.24, 2.45) is 0 Å². The van der Waals surface area contributed by atoms with Gasteiger partial charge in [-0.1, -0.05) is 97.1 Å². The summed E-state index contributed by atoms with van der Waals surface area (Å²) in [6, 6.07) is 57.0. The normalized spacial score (nSPS) is 13.2. The highest BCUT2D eigenvalue weighted by Crippen LogP contribution is 2.48. The zero-order chi connectivity index (χ0) is 30.6. The van der Waals surface area contributed by atoms with E-state index in [-0.39, 0.29) is 7.05 Å². The lowest BCUT2D eigenvalue weighted by molar-refractivity contribution is 0.603. The molecule has 0 bridgehead atoms. The highest BCUT2D eigenvalue weighted by Gasteiger charge is 2.45. The topological polar surface area (TPSA) is 22.3 Å². The number of aromatic nitrogens is 2. The smallest absolute Gasteiger partial charge is 0.524 e. The molecule has 0 radical (unpaired) electrons. The van der Waals surface area contributed by atoms with E-state index in [4.69, 9.17) is 4.65 Å². The van der Waals surface area contributed by atoms with Gasteiger partial charge in [0, 0.05) is 44.2 Å². The fraction of sp³-hybridized carbons (Fsp3) is 0. The summed E-state index contributed by atoms with van der Waals surface area (Å²) in [5, 5.41) is 5.00. The fourth-order valence-corrected chi connectivity index (χ4v) is 8.14. The van der Waals surface area contributed by atoms with Gasteiger partial charge in [-0.3, -0.25) is 0 Å². The van der Waals surface area contributed by atoms with E-state index in [1.54, 1.807) is 0 Å². The molecule has 0 atom stereocenters. The third-order valence-corrected chi connectivity index (χ3v) is 10.1. The second-order valence-electron chi connectivity index (χ2n) is 12.5. The van der Waals surface area contributed by atoms with Crippen molar-refractivity contribution >= 4 is 67.5 Å². The lowest BCUT2D eigenvalue weighted by Gasteiger charge is -2.31. The van der Waals surface area contributed by atoms with Crippen molar-refractivity contribution in [3.63, 3.8) is 0 Å². The van der Waals surface area contributed by atoms with Crippen LogP contribution in [-0.2, 0) is 0 Å². The molecule has 4 nitrogen and oxygen atoms in total. The molecule has 0 aliphatic carbocycles. The number of para-hydroxylation sites is 4. The fourth-order valence-electron chi connectivity index (χ4n) is 8.14. The van der Waals surface area contributed by atoms with Crippen molar-refractivity contribution in [1.82, 2.24) is 9.13 Å². The van der Waals surface area contributed by atoms with Crippen LogP contribution in [0.4, 0.5) is 11.4 Å². The van der Waals surface area contributed by atoms with Crippen LogP contribution >= 0.6 is 0 Å². The van der Waals surface area contributed by atoms with Gasteiger partial charge < -0.3 is 18.6 Å². The monoisotopic (exact) mass is 599 g/mol. The van der Waals surface area contributed by atoms with Crippen LogP contribution in [0.5, 0.6) is 5.75 Å². The zero-order valence-corrected chi connectivity index (χ0v) is 25.3. The van der Waals surface area contributed by atoms with Crippen molar-refractivity contribution in [3.05, 3.63) is 158 Å². The van der Waals surface area contributed by atoms with Crippen LogP contribution in [0.3, 0.4) is 0 Å². The molecule has 9 aromatic rings. The van der Waals surface area contributed by atoms with Gasteiger partial charge in [-0.05, 0) is 71.7 Å². The van der Waals surface area contributed by atoms with Gasteiger partial charge in [0.25, 0.3) is 0 Å². The van der Waals surface area contributed by atoms with Crippen molar-refractivity contribution in [3.8, 4) is 28.3 Å². The predicted octanol–water partition coefficient (Wildman–Crippen LogP) is 9.79. The minimum Gasteiger partial charge on any atom is -0.536 e. The molecule has 11 rings (SSSR count). The van der Waals surface area contributed by atoms with Gasteiger partial charge in [0.2, 0.25) is 0 Å². The Bertz CT molecular complexity index is 2700. The maximum atomic E-state index is 6.68. The Morgan fingerprint density at radius 3 is 1.66 bits per heavy atom. The number of fused-ring (bicyclic) bond motifs is 14. The van der Waals surface area contributed by atoms with Crippen LogP contribution in [0, 0.1) is 0 Å². The average Bonchev–Trinajstić information content (AvgIpc) is 3.79. The molecule has 0 spiro atoms. The maximum Gasteiger partial charge on any atom is 0.524 e. The lowest BCUT2D eigenvalue weighted by atomic mass is 9.65. The summed E-state index contributed by atoms with van der Waals surface area (Å²) in [4.78, 5) is 2.37. The van der Waals surface area contributed by atoms with Crippen molar-refractivity contribution in [2.45, 2.75) is 0 Å². The van der Waals surface area contributed by atoms with Gasteiger partial charge in [-0.25, -0.2) is 0 Å². The molecule has 0 saturated carbocycles. The molecule has 218 valence electrons. The molecule has 47 heavy (non-hydrogen) atoms. The third-order valence-electron chi connectivity index (χ3n) is 10.1. The minimum atomic E-state index is -0.196. The number of nitrogens with zero attached hydrogens (tertiary/aromatic N) is 3. The standard InChI is InChI=1S/C42H26BN3O/c1-6-16-35-29(11-1)30-12-5-10-20-40(30)46-41-26-28(22-24-42(41)47-43(35)46)45-38-19-9-4-15-33(38)34-25-27(21-23-39(34)45)44-36-17-7-2-13-31(36)32-14-3-8-18-37(32)44/h1-26H. The molecule has 5 heteroatoms. The SMILES string of the molecule is c1ccc2c(c1)B1Oc3ccc(-n4c5ccccc5c5cc(-n6c7ccccc7c7ccccc76)ccc54)cc3N1c1ccccc1-2. The van der Waals surface area contributed by atoms with Crippen LogP contribution in [0.1, 0.15) is 0 Å². The van der Waals surface area contributed by atoms with Crippen LogP contribution in [-0.4, -0.2) is 16.2 Å². The molecular formula is C42H26BN3O. The third kappa shape index (κ3) is 3.32. The first-order chi connectivity index (χ1) is 23.3. The Kier molecular flexibility index (Phi) is 4.89. The van der Waals surface area contributed by atoms with E-state index >= 15 is 0 Å². The van der Waals surface area contributed by atoms with E-state index in [0.717, 1.165) is 22.8 Å². The van der Waals surface area contributed by atoms with Gasteiger partial charge in [0.1, 0.15) is 5.75 Å². The molecule has 0 N–H and O–H groups in total. The molecule has 7 aromatic carbocycles. The first-order valence-electron chi connectivity index (χ1n) is 16.1. The van der Waals surface area contributed by atoms with E-state index in [1.807, 2.05) is 0 Å². The van der Waals surface area contributed by atoms with Gasteiger partial charge in [0.15, 0.2) is 0 Å². The van der Waals surface area contributed by atoms with Crippen molar-refractivity contribution in [2.75, 3.05) is 4.81 Å². The van der Waals surface area contributed by atoms with Crippen molar-refractivity contribution < 1.29 is 4.65 Å². The maximum absolute atomic E-state index is 6.68. The molecule has 0 saturated heterocycles. The number of hydrogen-bond acceptors (Lipinski definition) is 2. The van der Waals surface area contributed by atoms with Gasteiger partial charge in [-0.15, -0.1) is 0 Å². The van der Waals surface area contributed by atoms with E-state index in [2.05, 4.69) is 172 Å². The summed E-state index contributed by atoms with van der Waals surface area (Å²) in [6.45, 7) is 0. The Hall–Kier alpha value is -6.20. The first-order valence-corrected chi connectivity index (χ1v) is 16.1. The van der Waals surface area contributed by atoms with Crippen LogP contribution in [0.15, 0.2) is 158 Å². The van der Waals surface area contributed by atoms with E-state index in [1.165, 1.54) is 65.9 Å². The second-order valence-corrected chi connectivity index (χ2v) is 12.5. The summed E-state index contributed by atoms with van der Waals surface area (Å²) in [6.07, 6.45) is 0. The van der Waals surface area contributed by atoms with E-state index in [9.17, 15) is 0 Å². The minimum absolute atomic E-state index is 0.196. The Morgan fingerprint density at radius 1 is 0.404 bits per heavy atom. The van der Waals surface area contributed by atoms with Crippen molar-refractivity contribution in [1.29, 1.82) is 0 Å². The highest BCUT2D eigenvalue weighted by molar-refractivity contribution is 6.77. The van der Waals surface area contributed by atoms with Gasteiger partial charge >= 0.3 is 7.05 Å². The molecule has 0 fully saturated rings. The quantitative estimate of drug-likeness (QED) is 0.185. The summed E-state index contributed by atoms with van der Waals surface area (Å²) in [7, 11) is -0.196. The van der Waals surface area contributed by atoms with Crippen LogP contribution < -0.4 is 14.9 Å². The molecule has 2 aromatic heterocycles. The molecular weight excluding hydrogens is 573 g/mol. The summed E-state index contributed by atoms with van der Waals surface area (Å²) >= 11 is 0. The van der Waals surface area contributed by atoms with Crippen LogP contribution in [0.25, 0.3) is 66.1 Å². The first kappa shape index (κ1) is 25.0. The number of anilines is 2. The van der Waals surface area contributed by atoms with Crippen LogP contribution in [0.2, 0.25) is 0 Å². The summed E-state index contributed by atoms with van der Waals surface area (Å²) in [5.74, 6) is 0.902. The number of hydrogen-bond donors (Lipinski definition) is 0. The van der Waals surface area contributed by atoms with Gasteiger partial charge in [0.05, 0.1) is 27.8 Å². The molecule has 2 aliphatic heterocycles. The number of benzene rings is 7. The Balaban J connectivity index is 1.12. The largest absolute Gasteiger partial charge is 0.536 e. The zero-order valence-electron chi connectivity index (χ0n) is 25.3. The molecule has 0 unspecified atom stereocenters. The summed E-state index contributed by atoms with van der Waals surface area (Å²) < 4.78 is 11.5. The molecule has 4 heterocycles. The Morgan fingerprint density at radius 2 is 0.936 bits per heavy atom. The van der Waals surface area contributed by atoms with E-state index in [0.29, 0.717) is 0 Å². The van der Waals surface area contributed by atoms with E-state index < -0.39 is 0 Å². The average molecular weight is 600 g/mol. The number of rotatable bonds is 2. The lowest BCUT2D eigenvalue weighted by Crippen LogP contribution is -2.50. The highest BCUT2D eigenvalue weighted by atomic mass is 16.5. The predicted molar refractivity (Wildman–Crippen MR) is 195 cm³/mol. The summed E-state index contributed by atoms with van der Waals surface area (Å²) in [5.41, 5.74) is 13.0. The molecule has 2 aliphatic rings. The van der Waals surface area contributed by atoms with Gasteiger partial charge in [-0.2, -0.15) is 0 Å². The second kappa shape index (κ2) is 9.18. The Labute approximate surface area is 271 Å². The molecule has 0 amide bonds.